The minimum absolute atomic E-state index is 0.180. The van der Waals surface area contributed by atoms with Crippen LogP contribution < -0.4 is 10.2 Å². The van der Waals surface area contributed by atoms with Crippen LogP contribution in [0.2, 0.25) is 0 Å². The third-order valence-electron chi connectivity index (χ3n) is 4.12. The van der Waals surface area contributed by atoms with Crippen LogP contribution in [0, 0.1) is 11.3 Å². The molecule has 2 heterocycles. The van der Waals surface area contributed by atoms with Gasteiger partial charge < -0.3 is 15.0 Å². The van der Waals surface area contributed by atoms with Gasteiger partial charge in [0.05, 0.1) is 24.8 Å². The molecule has 0 saturated carbocycles. The molecule has 1 fully saturated rings. The summed E-state index contributed by atoms with van der Waals surface area (Å²) in [5, 5.41) is 11.7. The summed E-state index contributed by atoms with van der Waals surface area (Å²) in [5.74, 6) is 0.442. The van der Waals surface area contributed by atoms with Crippen LogP contribution in [0.5, 0.6) is 0 Å². The molecule has 1 saturated heterocycles. The smallest absolute Gasteiger partial charge is 0.274 e. The van der Waals surface area contributed by atoms with Gasteiger partial charge >= 0.3 is 0 Å². The molecule has 3 rings (SSSR count). The fourth-order valence-corrected chi connectivity index (χ4v) is 2.59. The van der Waals surface area contributed by atoms with E-state index in [1.807, 2.05) is 18.7 Å². The Morgan fingerprint density at radius 1 is 1.23 bits per heavy atom. The number of nitrogens with zero attached hydrogens (tertiary/aromatic N) is 4. The Morgan fingerprint density at radius 2 is 1.92 bits per heavy atom. The second kappa shape index (κ2) is 7.93. The summed E-state index contributed by atoms with van der Waals surface area (Å²) in [4.78, 5) is 23.8. The number of rotatable bonds is 4. The molecule has 134 valence electrons. The van der Waals surface area contributed by atoms with E-state index in [4.69, 9.17) is 10.00 Å². The van der Waals surface area contributed by atoms with Crippen LogP contribution in [0.1, 0.15) is 41.5 Å². The molecule has 1 amide bonds. The highest BCUT2D eigenvalue weighted by molar-refractivity contribution is 6.03. The zero-order valence-corrected chi connectivity index (χ0v) is 14.9. The van der Waals surface area contributed by atoms with E-state index in [9.17, 15) is 4.79 Å². The normalized spacial score (nSPS) is 14.2. The van der Waals surface area contributed by atoms with Crippen LogP contribution in [0.15, 0.2) is 30.3 Å². The number of hydrogen-bond acceptors (Lipinski definition) is 6. The lowest BCUT2D eigenvalue weighted by molar-refractivity contribution is 0.102. The molecule has 0 aliphatic carbocycles. The number of morpholine rings is 1. The van der Waals surface area contributed by atoms with Crippen molar-refractivity contribution in [3.8, 4) is 6.07 Å². The number of nitrogens with one attached hydrogen (secondary N) is 1. The van der Waals surface area contributed by atoms with E-state index in [0.717, 1.165) is 5.69 Å². The first-order valence-electron chi connectivity index (χ1n) is 8.60. The minimum Gasteiger partial charge on any atom is -0.378 e. The molecule has 0 radical (unpaired) electrons. The lowest BCUT2D eigenvalue weighted by Crippen LogP contribution is -2.38. The predicted octanol–water partition coefficient (Wildman–Crippen LogP) is 2.56. The zero-order valence-electron chi connectivity index (χ0n) is 14.9. The molecule has 26 heavy (non-hydrogen) atoms. The fraction of sp³-hybridized carbons (Fsp3) is 0.368. The van der Waals surface area contributed by atoms with Gasteiger partial charge in [-0.1, -0.05) is 13.8 Å². The Morgan fingerprint density at radius 3 is 2.54 bits per heavy atom. The standard InChI is InChI=1S/C19H21N5O2/c1-13(2)16-11-17(23-19(22-16)24-7-9-26-10-8-24)18(25)21-15-5-3-14(12-20)4-6-15/h3-6,11,13H,7-10H2,1-2H3,(H,21,25). The lowest BCUT2D eigenvalue weighted by atomic mass is 10.1. The van der Waals surface area contributed by atoms with Gasteiger partial charge in [-0.25, -0.2) is 9.97 Å². The van der Waals surface area contributed by atoms with E-state index < -0.39 is 0 Å². The third kappa shape index (κ3) is 4.16. The summed E-state index contributed by atoms with van der Waals surface area (Å²) in [6.45, 7) is 6.74. The Balaban J connectivity index is 1.85. The molecule has 1 aliphatic rings. The van der Waals surface area contributed by atoms with E-state index in [-0.39, 0.29) is 11.8 Å². The van der Waals surface area contributed by atoms with Crippen molar-refractivity contribution in [2.24, 2.45) is 0 Å². The maximum Gasteiger partial charge on any atom is 0.274 e. The monoisotopic (exact) mass is 351 g/mol. The highest BCUT2D eigenvalue weighted by atomic mass is 16.5. The van der Waals surface area contributed by atoms with Crippen molar-refractivity contribution in [3.05, 3.63) is 47.3 Å². The largest absolute Gasteiger partial charge is 0.378 e. The summed E-state index contributed by atoms with van der Waals surface area (Å²) < 4.78 is 5.38. The number of hydrogen-bond donors (Lipinski definition) is 1. The van der Waals surface area contributed by atoms with E-state index in [1.165, 1.54) is 0 Å². The number of anilines is 2. The topological polar surface area (TPSA) is 91.1 Å². The molecule has 1 N–H and O–H groups in total. The van der Waals surface area contributed by atoms with Crippen molar-refractivity contribution >= 4 is 17.5 Å². The summed E-state index contributed by atoms with van der Waals surface area (Å²) in [6.07, 6.45) is 0. The van der Waals surface area contributed by atoms with Gasteiger partial charge in [-0.05, 0) is 36.2 Å². The number of nitriles is 1. The second-order valence-corrected chi connectivity index (χ2v) is 6.38. The highest BCUT2D eigenvalue weighted by Gasteiger charge is 2.19. The first-order valence-corrected chi connectivity index (χ1v) is 8.60. The van der Waals surface area contributed by atoms with Gasteiger partial charge in [-0.2, -0.15) is 5.26 Å². The lowest BCUT2D eigenvalue weighted by Gasteiger charge is -2.27. The number of benzene rings is 1. The van der Waals surface area contributed by atoms with Crippen molar-refractivity contribution in [1.82, 2.24) is 9.97 Å². The van der Waals surface area contributed by atoms with Crippen LogP contribution in [0.3, 0.4) is 0 Å². The number of amides is 1. The molecule has 0 spiro atoms. The van der Waals surface area contributed by atoms with Crippen LogP contribution in [-0.4, -0.2) is 42.2 Å². The van der Waals surface area contributed by atoms with Gasteiger partial charge in [0.2, 0.25) is 5.95 Å². The molecule has 1 aromatic carbocycles. The number of carbonyl (C=O) groups excluding carboxylic acids is 1. The van der Waals surface area contributed by atoms with Crippen molar-refractivity contribution in [2.75, 3.05) is 36.5 Å². The quantitative estimate of drug-likeness (QED) is 0.910. The van der Waals surface area contributed by atoms with E-state index in [2.05, 4.69) is 21.4 Å². The summed E-state index contributed by atoms with van der Waals surface area (Å²) in [6, 6.07) is 10.5. The molecule has 0 bridgehead atoms. The summed E-state index contributed by atoms with van der Waals surface area (Å²) >= 11 is 0. The first kappa shape index (κ1) is 17.8. The number of aromatic nitrogens is 2. The minimum atomic E-state index is -0.298. The predicted molar refractivity (Wildman–Crippen MR) is 98.3 cm³/mol. The first-order chi connectivity index (χ1) is 12.6. The molecule has 7 heteroatoms. The number of ether oxygens (including phenoxy) is 1. The third-order valence-corrected chi connectivity index (χ3v) is 4.12. The van der Waals surface area contributed by atoms with Gasteiger partial charge in [0.15, 0.2) is 0 Å². The Bertz CT molecular complexity index is 821. The van der Waals surface area contributed by atoms with Gasteiger partial charge in [0, 0.05) is 24.5 Å². The van der Waals surface area contributed by atoms with E-state index in [1.54, 1.807) is 30.3 Å². The average molecular weight is 351 g/mol. The Labute approximate surface area is 152 Å². The SMILES string of the molecule is CC(C)c1cc(C(=O)Nc2ccc(C#N)cc2)nc(N2CCOCC2)n1. The van der Waals surface area contributed by atoms with E-state index >= 15 is 0 Å². The Kier molecular flexibility index (Phi) is 5.44. The van der Waals surface area contributed by atoms with Crippen molar-refractivity contribution in [2.45, 2.75) is 19.8 Å². The van der Waals surface area contributed by atoms with Gasteiger partial charge in [0.1, 0.15) is 5.69 Å². The van der Waals surface area contributed by atoms with Gasteiger partial charge in [-0.15, -0.1) is 0 Å². The molecule has 1 aliphatic heterocycles. The summed E-state index contributed by atoms with van der Waals surface area (Å²) in [5.41, 5.74) is 2.31. The van der Waals surface area contributed by atoms with Crippen molar-refractivity contribution in [3.63, 3.8) is 0 Å². The number of carbonyl (C=O) groups is 1. The van der Waals surface area contributed by atoms with Gasteiger partial charge in [-0.3, -0.25) is 4.79 Å². The molecular weight excluding hydrogens is 330 g/mol. The second-order valence-electron chi connectivity index (χ2n) is 6.38. The average Bonchev–Trinajstić information content (AvgIpc) is 2.68. The van der Waals surface area contributed by atoms with Crippen molar-refractivity contribution < 1.29 is 9.53 Å². The van der Waals surface area contributed by atoms with Crippen LogP contribution in [0.25, 0.3) is 0 Å². The zero-order chi connectivity index (χ0) is 18.5. The van der Waals surface area contributed by atoms with Crippen LogP contribution in [-0.2, 0) is 4.74 Å². The molecular formula is C19H21N5O2. The fourth-order valence-electron chi connectivity index (χ4n) is 2.59. The molecule has 2 aromatic rings. The van der Waals surface area contributed by atoms with Crippen molar-refractivity contribution in [1.29, 1.82) is 5.26 Å². The van der Waals surface area contributed by atoms with Crippen LogP contribution in [0.4, 0.5) is 11.6 Å². The van der Waals surface area contributed by atoms with Crippen LogP contribution >= 0.6 is 0 Å². The molecule has 1 aromatic heterocycles. The maximum atomic E-state index is 12.7. The molecule has 7 nitrogen and oxygen atoms in total. The molecule has 0 atom stereocenters. The van der Waals surface area contributed by atoms with E-state index in [0.29, 0.717) is 49.2 Å². The summed E-state index contributed by atoms with van der Waals surface area (Å²) in [7, 11) is 0. The van der Waals surface area contributed by atoms with Gasteiger partial charge in [0.25, 0.3) is 5.91 Å². The highest BCUT2D eigenvalue weighted by Crippen LogP contribution is 2.19. The Hall–Kier alpha value is -2.98. The molecule has 0 unspecified atom stereocenters. The maximum absolute atomic E-state index is 12.7.